The lowest BCUT2D eigenvalue weighted by molar-refractivity contribution is 0.0950. The summed E-state index contributed by atoms with van der Waals surface area (Å²) >= 11 is 11.7. The summed E-state index contributed by atoms with van der Waals surface area (Å²) in [6, 6.07) is 12.1. The molecule has 0 unspecified atom stereocenters. The van der Waals surface area contributed by atoms with E-state index in [0.717, 1.165) is 11.1 Å². The average molecular weight is 310 g/mol. The number of aliphatic hydroxyl groups is 1. The summed E-state index contributed by atoms with van der Waals surface area (Å²) in [5.41, 5.74) is 2.12. The van der Waals surface area contributed by atoms with Gasteiger partial charge in [-0.05, 0) is 29.3 Å². The Kier molecular flexibility index (Phi) is 5.01. The lowest BCUT2D eigenvalue weighted by Gasteiger charge is -2.09. The molecule has 0 aliphatic carbocycles. The minimum absolute atomic E-state index is 0.0567. The second-order valence-corrected chi connectivity index (χ2v) is 5.05. The number of halogens is 2. The Bertz CT molecular complexity index is 629. The molecule has 1 amide bonds. The van der Waals surface area contributed by atoms with Gasteiger partial charge < -0.3 is 10.4 Å². The van der Waals surface area contributed by atoms with Crippen molar-refractivity contribution in [1.29, 1.82) is 0 Å². The highest BCUT2D eigenvalue weighted by Crippen LogP contribution is 2.22. The molecule has 2 rings (SSSR count). The van der Waals surface area contributed by atoms with Crippen LogP contribution in [0.4, 0.5) is 0 Å². The van der Waals surface area contributed by atoms with Gasteiger partial charge in [0.1, 0.15) is 0 Å². The van der Waals surface area contributed by atoms with Gasteiger partial charge in [0.2, 0.25) is 0 Å². The molecule has 0 aromatic heterocycles. The van der Waals surface area contributed by atoms with Crippen molar-refractivity contribution in [3.63, 3.8) is 0 Å². The van der Waals surface area contributed by atoms with Gasteiger partial charge in [-0.3, -0.25) is 4.79 Å². The molecule has 0 saturated heterocycles. The zero-order valence-corrected chi connectivity index (χ0v) is 12.1. The monoisotopic (exact) mass is 309 g/mol. The van der Waals surface area contributed by atoms with Crippen LogP contribution in [0.2, 0.25) is 10.0 Å². The molecule has 0 atom stereocenters. The summed E-state index contributed by atoms with van der Waals surface area (Å²) in [5, 5.41) is 12.8. The molecule has 0 spiro atoms. The zero-order valence-electron chi connectivity index (χ0n) is 10.6. The molecule has 0 bridgehead atoms. The van der Waals surface area contributed by atoms with Gasteiger partial charge in [-0.25, -0.2) is 0 Å². The number of rotatable bonds is 4. The highest BCUT2D eigenvalue weighted by atomic mass is 35.5. The van der Waals surface area contributed by atoms with Crippen LogP contribution in [0.25, 0.3) is 0 Å². The van der Waals surface area contributed by atoms with E-state index in [-0.39, 0.29) is 12.5 Å². The smallest absolute Gasteiger partial charge is 0.251 e. The maximum absolute atomic E-state index is 12.0. The molecular weight excluding hydrogens is 297 g/mol. The second-order valence-electron chi connectivity index (χ2n) is 4.24. The Morgan fingerprint density at radius 2 is 1.75 bits per heavy atom. The van der Waals surface area contributed by atoms with Crippen molar-refractivity contribution in [2.24, 2.45) is 0 Å². The Hall–Kier alpha value is -1.55. The Morgan fingerprint density at radius 1 is 1.05 bits per heavy atom. The van der Waals surface area contributed by atoms with Crippen molar-refractivity contribution < 1.29 is 9.90 Å². The predicted molar refractivity (Wildman–Crippen MR) is 80.0 cm³/mol. The summed E-state index contributed by atoms with van der Waals surface area (Å²) in [4.78, 5) is 12.0. The third-order valence-electron chi connectivity index (χ3n) is 2.91. The van der Waals surface area contributed by atoms with Crippen LogP contribution in [-0.4, -0.2) is 11.0 Å². The van der Waals surface area contributed by atoms with Crippen LogP contribution in [0.3, 0.4) is 0 Å². The first kappa shape index (κ1) is 14.9. The molecule has 104 valence electrons. The molecule has 20 heavy (non-hydrogen) atoms. The van der Waals surface area contributed by atoms with Crippen LogP contribution in [-0.2, 0) is 13.2 Å². The molecule has 3 nitrogen and oxygen atoms in total. The average Bonchev–Trinajstić information content (AvgIpc) is 2.47. The van der Waals surface area contributed by atoms with Gasteiger partial charge in [0.25, 0.3) is 5.91 Å². The molecular formula is C15H13Cl2NO2. The summed E-state index contributed by atoms with van der Waals surface area (Å²) in [5.74, 6) is -0.240. The Labute approximate surface area is 127 Å². The maximum atomic E-state index is 12.0. The number of amides is 1. The van der Waals surface area contributed by atoms with Gasteiger partial charge in [-0.1, -0.05) is 47.5 Å². The highest BCUT2D eigenvalue weighted by Gasteiger charge is 2.08. The topological polar surface area (TPSA) is 49.3 Å². The number of carbonyl (C=O) groups excluding carboxylic acids is 1. The molecule has 0 radical (unpaired) electrons. The van der Waals surface area contributed by atoms with Gasteiger partial charge >= 0.3 is 0 Å². The van der Waals surface area contributed by atoms with E-state index in [9.17, 15) is 9.90 Å². The van der Waals surface area contributed by atoms with E-state index in [1.165, 1.54) is 6.07 Å². The SMILES string of the molecule is O=C(NCc1ccccc1CO)c1ccc(Cl)c(Cl)c1. The fourth-order valence-electron chi connectivity index (χ4n) is 1.80. The minimum Gasteiger partial charge on any atom is -0.392 e. The first-order chi connectivity index (χ1) is 9.61. The summed E-state index contributed by atoms with van der Waals surface area (Å²) < 4.78 is 0. The summed E-state index contributed by atoms with van der Waals surface area (Å²) in [7, 11) is 0. The molecule has 0 heterocycles. The first-order valence-corrected chi connectivity index (χ1v) is 6.78. The molecule has 5 heteroatoms. The number of hydrogen-bond acceptors (Lipinski definition) is 2. The van der Waals surface area contributed by atoms with Gasteiger partial charge in [-0.15, -0.1) is 0 Å². The minimum atomic E-state index is -0.240. The van der Waals surface area contributed by atoms with Gasteiger partial charge in [-0.2, -0.15) is 0 Å². The van der Waals surface area contributed by atoms with Gasteiger partial charge in [0.05, 0.1) is 16.7 Å². The highest BCUT2D eigenvalue weighted by molar-refractivity contribution is 6.42. The zero-order chi connectivity index (χ0) is 14.5. The third kappa shape index (κ3) is 3.51. The van der Waals surface area contributed by atoms with Crippen molar-refractivity contribution in [3.05, 3.63) is 69.2 Å². The predicted octanol–water partition coefficient (Wildman–Crippen LogP) is 3.42. The van der Waals surface area contributed by atoms with Crippen LogP contribution < -0.4 is 5.32 Å². The van der Waals surface area contributed by atoms with E-state index in [0.29, 0.717) is 22.2 Å². The lowest BCUT2D eigenvalue weighted by Crippen LogP contribution is -2.23. The number of nitrogens with one attached hydrogen (secondary N) is 1. The number of carbonyl (C=O) groups is 1. The van der Waals surface area contributed by atoms with E-state index >= 15 is 0 Å². The van der Waals surface area contributed by atoms with Crippen LogP contribution in [0.1, 0.15) is 21.5 Å². The maximum Gasteiger partial charge on any atom is 0.251 e. The number of benzene rings is 2. The van der Waals surface area contributed by atoms with Crippen molar-refractivity contribution in [2.45, 2.75) is 13.2 Å². The van der Waals surface area contributed by atoms with E-state index in [2.05, 4.69) is 5.32 Å². The Balaban J connectivity index is 2.06. The molecule has 2 aromatic rings. The van der Waals surface area contributed by atoms with E-state index in [1.54, 1.807) is 12.1 Å². The normalized spacial score (nSPS) is 10.3. The Morgan fingerprint density at radius 3 is 2.40 bits per heavy atom. The summed E-state index contributed by atoms with van der Waals surface area (Å²) in [6.45, 7) is 0.286. The standard InChI is InChI=1S/C15H13Cl2NO2/c16-13-6-5-10(7-14(13)17)15(20)18-8-11-3-1-2-4-12(11)9-19/h1-7,19H,8-9H2,(H,18,20). The molecule has 2 N–H and O–H groups in total. The third-order valence-corrected chi connectivity index (χ3v) is 3.65. The fraction of sp³-hybridized carbons (Fsp3) is 0.133. The second kappa shape index (κ2) is 6.75. The van der Waals surface area contributed by atoms with Crippen LogP contribution in [0.5, 0.6) is 0 Å². The van der Waals surface area contributed by atoms with Crippen molar-refractivity contribution in [3.8, 4) is 0 Å². The van der Waals surface area contributed by atoms with E-state index in [4.69, 9.17) is 23.2 Å². The van der Waals surface area contributed by atoms with Crippen LogP contribution >= 0.6 is 23.2 Å². The molecule has 2 aromatic carbocycles. The van der Waals surface area contributed by atoms with E-state index in [1.807, 2.05) is 24.3 Å². The van der Waals surface area contributed by atoms with Crippen molar-refractivity contribution >= 4 is 29.1 Å². The summed E-state index contributed by atoms with van der Waals surface area (Å²) in [6.07, 6.45) is 0. The van der Waals surface area contributed by atoms with Crippen LogP contribution in [0, 0.1) is 0 Å². The lowest BCUT2D eigenvalue weighted by atomic mass is 10.1. The first-order valence-electron chi connectivity index (χ1n) is 6.02. The molecule has 0 saturated carbocycles. The van der Waals surface area contributed by atoms with Crippen LogP contribution in [0.15, 0.2) is 42.5 Å². The van der Waals surface area contributed by atoms with E-state index < -0.39 is 0 Å². The number of aliphatic hydroxyl groups excluding tert-OH is 1. The molecule has 0 fully saturated rings. The van der Waals surface area contributed by atoms with Gasteiger partial charge in [0.15, 0.2) is 0 Å². The largest absolute Gasteiger partial charge is 0.392 e. The quantitative estimate of drug-likeness (QED) is 0.909. The number of hydrogen-bond donors (Lipinski definition) is 2. The van der Waals surface area contributed by atoms with Gasteiger partial charge in [0, 0.05) is 12.1 Å². The molecule has 0 aliphatic heterocycles. The molecule has 0 aliphatic rings. The van der Waals surface area contributed by atoms with Crippen molar-refractivity contribution in [2.75, 3.05) is 0 Å². The van der Waals surface area contributed by atoms with Crippen molar-refractivity contribution in [1.82, 2.24) is 5.32 Å². The fourth-order valence-corrected chi connectivity index (χ4v) is 2.10.